The maximum atomic E-state index is 12.8. The Kier molecular flexibility index (Phi) is 3.08. The van der Waals surface area contributed by atoms with Crippen molar-refractivity contribution in [3.63, 3.8) is 0 Å². The van der Waals surface area contributed by atoms with Gasteiger partial charge in [-0.05, 0) is 17.7 Å². The Hall–Kier alpha value is -1.91. The minimum atomic E-state index is -1.05. The van der Waals surface area contributed by atoms with E-state index in [1.54, 1.807) is 0 Å². The molecule has 1 heterocycles. The summed E-state index contributed by atoms with van der Waals surface area (Å²) >= 11 is 0. The van der Waals surface area contributed by atoms with Crippen molar-refractivity contribution in [2.75, 3.05) is 6.54 Å². The summed E-state index contributed by atoms with van der Waals surface area (Å²) in [4.78, 5) is 23.7. The molecule has 0 saturated carbocycles. The highest BCUT2D eigenvalue weighted by molar-refractivity contribution is 5.82. The number of likely N-dealkylation sites (tertiary alicyclic amines) is 1. The van der Waals surface area contributed by atoms with Gasteiger partial charge in [-0.15, -0.1) is 0 Å². The predicted octanol–water partition coefficient (Wildman–Crippen LogP) is 2.21. The number of rotatable bonds is 1. The van der Waals surface area contributed by atoms with E-state index in [9.17, 15) is 14.0 Å². The Morgan fingerprint density at radius 3 is 2.59 bits per heavy atom. The van der Waals surface area contributed by atoms with E-state index >= 15 is 0 Å². The van der Waals surface area contributed by atoms with E-state index in [0.29, 0.717) is 5.56 Å². The van der Waals surface area contributed by atoms with Crippen molar-refractivity contribution in [2.45, 2.75) is 18.9 Å². The zero-order chi connectivity index (χ0) is 12.4. The van der Waals surface area contributed by atoms with Crippen molar-refractivity contribution >= 4 is 11.9 Å². The van der Waals surface area contributed by atoms with E-state index in [-0.39, 0.29) is 31.0 Å². The fourth-order valence-corrected chi connectivity index (χ4v) is 2.04. The molecule has 0 unspecified atom stereocenters. The van der Waals surface area contributed by atoms with Crippen molar-refractivity contribution in [1.29, 1.82) is 0 Å². The van der Waals surface area contributed by atoms with Crippen molar-refractivity contribution < 1.29 is 19.1 Å². The zero-order valence-corrected chi connectivity index (χ0v) is 9.10. The first-order valence-electron chi connectivity index (χ1n) is 5.34. The number of halogens is 1. The first-order chi connectivity index (χ1) is 8.08. The highest BCUT2D eigenvalue weighted by Crippen LogP contribution is 2.29. The Morgan fingerprint density at radius 2 is 2.00 bits per heavy atom. The van der Waals surface area contributed by atoms with Crippen LogP contribution in [-0.2, 0) is 4.79 Å². The molecule has 1 saturated heterocycles. The summed E-state index contributed by atoms with van der Waals surface area (Å²) in [7, 11) is 0. The molecule has 0 bridgehead atoms. The number of benzene rings is 1. The van der Waals surface area contributed by atoms with Crippen LogP contribution in [-0.4, -0.2) is 28.4 Å². The molecule has 0 aliphatic carbocycles. The van der Waals surface area contributed by atoms with Crippen molar-refractivity contribution in [3.05, 3.63) is 35.6 Å². The zero-order valence-electron chi connectivity index (χ0n) is 9.10. The van der Waals surface area contributed by atoms with Crippen LogP contribution in [0.4, 0.5) is 9.18 Å². The van der Waals surface area contributed by atoms with Gasteiger partial charge in [0.15, 0.2) is 0 Å². The second-order valence-corrected chi connectivity index (χ2v) is 4.04. The van der Waals surface area contributed by atoms with Gasteiger partial charge in [-0.3, -0.25) is 4.79 Å². The summed E-state index contributed by atoms with van der Waals surface area (Å²) in [5.74, 6) is -0.338. The molecule has 4 nitrogen and oxygen atoms in total. The third-order valence-corrected chi connectivity index (χ3v) is 2.93. The van der Waals surface area contributed by atoms with Gasteiger partial charge in [-0.25, -0.2) is 9.18 Å². The highest BCUT2D eigenvalue weighted by atomic mass is 19.1. The molecule has 1 fully saturated rings. The fourth-order valence-electron chi connectivity index (χ4n) is 2.04. The number of amides is 1. The SMILES string of the molecule is O=C1CCN(C(=O)O)[C@@H](c2ccc(F)cc2)C1. The van der Waals surface area contributed by atoms with E-state index in [4.69, 9.17) is 5.11 Å². The molecule has 0 aromatic heterocycles. The molecule has 1 aromatic carbocycles. The number of carboxylic acid groups (broad SMARTS) is 1. The lowest BCUT2D eigenvalue weighted by Crippen LogP contribution is -2.40. The Balaban J connectivity index is 2.28. The molecule has 2 rings (SSSR count). The first kappa shape index (κ1) is 11.6. The van der Waals surface area contributed by atoms with Crippen LogP contribution in [0.3, 0.4) is 0 Å². The topological polar surface area (TPSA) is 57.6 Å². The number of hydrogen-bond acceptors (Lipinski definition) is 2. The molecule has 5 heteroatoms. The van der Waals surface area contributed by atoms with E-state index in [0.717, 1.165) is 0 Å². The lowest BCUT2D eigenvalue weighted by Gasteiger charge is -2.33. The third kappa shape index (κ3) is 2.43. The number of piperidine rings is 1. The van der Waals surface area contributed by atoms with E-state index in [2.05, 4.69) is 0 Å². The Bertz CT molecular complexity index is 444. The van der Waals surface area contributed by atoms with Gasteiger partial charge in [0, 0.05) is 19.4 Å². The monoisotopic (exact) mass is 237 g/mol. The van der Waals surface area contributed by atoms with Crippen LogP contribution in [0.5, 0.6) is 0 Å². The van der Waals surface area contributed by atoms with Crippen LogP contribution in [0.15, 0.2) is 24.3 Å². The molecule has 1 aliphatic rings. The van der Waals surface area contributed by atoms with E-state index < -0.39 is 12.1 Å². The van der Waals surface area contributed by atoms with Gasteiger partial charge in [-0.2, -0.15) is 0 Å². The summed E-state index contributed by atoms with van der Waals surface area (Å²) in [5, 5.41) is 9.05. The first-order valence-corrected chi connectivity index (χ1v) is 5.34. The molecular weight excluding hydrogens is 225 g/mol. The van der Waals surface area contributed by atoms with Crippen LogP contribution >= 0.6 is 0 Å². The Morgan fingerprint density at radius 1 is 1.35 bits per heavy atom. The predicted molar refractivity (Wildman–Crippen MR) is 58.1 cm³/mol. The van der Waals surface area contributed by atoms with Crippen LogP contribution < -0.4 is 0 Å². The quantitative estimate of drug-likeness (QED) is 0.814. The van der Waals surface area contributed by atoms with Gasteiger partial charge in [0.1, 0.15) is 11.6 Å². The summed E-state index contributed by atoms with van der Waals surface area (Å²) in [6.07, 6.45) is -0.631. The van der Waals surface area contributed by atoms with Crippen LogP contribution in [0.1, 0.15) is 24.4 Å². The molecule has 1 aromatic rings. The smallest absolute Gasteiger partial charge is 0.407 e. The molecule has 1 amide bonds. The average Bonchev–Trinajstić information content (AvgIpc) is 2.29. The summed E-state index contributed by atoms with van der Waals surface area (Å²) in [6, 6.07) is 5.10. The third-order valence-electron chi connectivity index (χ3n) is 2.93. The second-order valence-electron chi connectivity index (χ2n) is 4.04. The average molecular weight is 237 g/mol. The largest absolute Gasteiger partial charge is 0.465 e. The molecule has 17 heavy (non-hydrogen) atoms. The molecule has 1 N–H and O–H groups in total. The minimum Gasteiger partial charge on any atom is -0.465 e. The van der Waals surface area contributed by atoms with Gasteiger partial charge >= 0.3 is 6.09 Å². The standard InChI is InChI=1S/C12H12FNO3/c13-9-3-1-8(2-4-9)11-7-10(15)5-6-14(11)12(16)17/h1-4,11H,5-7H2,(H,16,17)/t11-/m1/s1. The van der Waals surface area contributed by atoms with E-state index in [1.165, 1.54) is 29.2 Å². The minimum absolute atomic E-state index is 0.0387. The number of Topliss-reactive ketones (excluding diaryl/α,β-unsaturated/α-hetero) is 1. The van der Waals surface area contributed by atoms with Gasteiger partial charge in [-0.1, -0.05) is 12.1 Å². The van der Waals surface area contributed by atoms with Crippen molar-refractivity contribution in [3.8, 4) is 0 Å². The van der Waals surface area contributed by atoms with E-state index in [1.807, 2.05) is 0 Å². The molecule has 0 spiro atoms. The lowest BCUT2D eigenvalue weighted by molar-refractivity contribution is -0.122. The summed E-state index contributed by atoms with van der Waals surface area (Å²) < 4.78 is 12.8. The second kappa shape index (κ2) is 4.53. The molecule has 1 aliphatic heterocycles. The maximum absolute atomic E-state index is 12.8. The van der Waals surface area contributed by atoms with Gasteiger partial charge in [0.05, 0.1) is 6.04 Å². The van der Waals surface area contributed by atoms with Crippen LogP contribution in [0.25, 0.3) is 0 Å². The maximum Gasteiger partial charge on any atom is 0.407 e. The van der Waals surface area contributed by atoms with Crippen molar-refractivity contribution in [1.82, 2.24) is 4.90 Å². The Labute approximate surface area is 97.7 Å². The van der Waals surface area contributed by atoms with Crippen LogP contribution in [0, 0.1) is 5.82 Å². The molecule has 90 valence electrons. The van der Waals surface area contributed by atoms with Gasteiger partial charge < -0.3 is 10.0 Å². The van der Waals surface area contributed by atoms with Crippen LogP contribution in [0.2, 0.25) is 0 Å². The molecular formula is C12H12FNO3. The normalized spacial score (nSPS) is 20.4. The molecule has 1 atom stereocenters. The molecule has 0 radical (unpaired) electrons. The summed E-state index contributed by atoms with van der Waals surface area (Å²) in [6.45, 7) is 0.205. The lowest BCUT2D eigenvalue weighted by atomic mass is 9.95. The highest BCUT2D eigenvalue weighted by Gasteiger charge is 2.31. The van der Waals surface area contributed by atoms with Gasteiger partial charge in [0.25, 0.3) is 0 Å². The van der Waals surface area contributed by atoms with Gasteiger partial charge in [0.2, 0.25) is 0 Å². The number of ketones is 1. The number of carbonyl (C=O) groups is 2. The number of nitrogens with zero attached hydrogens (tertiary/aromatic N) is 1. The fraction of sp³-hybridized carbons (Fsp3) is 0.333. The number of hydrogen-bond donors (Lipinski definition) is 1. The summed E-state index contributed by atoms with van der Waals surface area (Å²) in [5.41, 5.74) is 0.654. The van der Waals surface area contributed by atoms with Crippen molar-refractivity contribution in [2.24, 2.45) is 0 Å². The number of carbonyl (C=O) groups excluding carboxylic acids is 1.